The van der Waals surface area contributed by atoms with E-state index < -0.39 is 0 Å². The second kappa shape index (κ2) is 5.41. The van der Waals surface area contributed by atoms with Crippen LogP contribution in [-0.4, -0.2) is 5.78 Å². The number of halogens is 1. The summed E-state index contributed by atoms with van der Waals surface area (Å²) in [5.74, 6) is -0.562. The second-order valence-corrected chi connectivity index (χ2v) is 3.92. The Morgan fingerprint density at radius 1 is 1.11 bits per heavy atom. The van der Waals surface area contributed by atoms with Crippen molar-refractivity contribution in [2.45, 2.75) is 6.92 Å². The molecule has 0 aromatic heterocycles. The summed E-state index contributed by atoms with van der Waals surface area (Å²) in [7, 11) is 0. The fourth-order valence-corrected chi connectivity index (χ4v) is 1.77. The summed E-state index contributed by atoms with van der Waals surface area (Å²) in [5, 5.41) is 0. The highest BCUT2D eigenvalue weighted by Gasteiger charge is 2.08. The van der Waals surface area contributed by atoms with Gasteiger partial charge in [0.2, 0.25) is 0 Å². The molecule has 0 saturated carbocycles. The molecule has 0 aliphatic heterocycles. The van der Waals surface area contributed by atoms with E-state index in [1.807, 2.05) is 30.3 Å². The van der Waals surface area contributed by atoms with E-state index in [-0.39, 0.29) is 11.6 Å². The van der Waals surface area contributed by atoms with E-state index in [9.17, 15) is 9.18 Å². The van der Waals surface area contributed by atoms with Crippen LogP contribution in [0.4, 0.5) is 4.39 Å². The summed E-state index contributed by atoms with van der Waals surface area (Å²) >= 11 is 0. The molecule has 0 atom stereocenters. The number of carbonyl (C=O) groups is 1. The number of allylic oxidation sites excluding steroid dienone is 2. The van der Waals surface area contributed by atoms with E-state index in [0.717, 1.165) is 5.56 Å². The molecule has 18 heavy (non-hydrogen) atoms. The average Bonchev–Trinajstić information content (AvgIpc) is 2.40. The van der Waals surface area contributed by atoms with Crippen LogP contribution in [0.1, 0.15) is 17.3 Å². The van der Waals surface area contributed by atoms with Crippen LogP contribution >= 0.6 is 0 Å². The van der Waals surface area contributed by atoms with Crippen LogP contribution < -0.4 is 0 Å². The molecule has 90 valence electrons. The molecule has 0 saturated heterocycles. The fraction of sp³-hybridized carbons (Fsp3) is 0.0625. The van der Waals surface area contributed by atoms with Gasteiger partial charge in [0, 0.05) is 11.1 Å². The SMILES string of the molecule is CC=CC(=O)c1ccc(-c2ccccc2)c(F)c1. The Morgan fingerprint density at radius 3 is 2.44 bits per heavy atom. The van der Waals surface area contributed by atoms with Crippen molar-refractivity contribution in [3.8, 4) is 11.1 Å². The van der Waals surface area contributed by atoms with Gasteiger partial charge in [0.15, 0.2) is 5.78 Å². The Morgan fingerprint density at radius 2 is 1.83 bits per heavy atom. The maximum Gasteiger partial charge on any atom is 0.185 e. The normalized spacial score (nSPS) is 10.8. The third-order valence-corrected chi connectivity index (χ3v) is 2.66. The monoisotopic (exact) mass is 240 g/mol. The van der Waals surface area contributed by atoms with Gasteiger partial charge in [-0.3, -0.25) is 4.79 Å². The zero-order valence-corrected chi connectivity index (χ0v) is 10.1. The van der Waals surface area contributed by atoms with Crippen LogP contribution in [0.5, 0.6) is 0 Å². The highest BCUT2D eigenvalue weighted by molar-refractivity contribution is 6.04. The predicted molar refractivity (Wildman–Crippen MR) is 71.0 cm³/mol. The average molecular weight is 240 g/mol. The van der Waals surface area contributed by atoms with Crippen LogP contribution in [0.25, 0.3) is 11.1 Å². The Balaban J connectivity index is 2.40. The third kappa shape index (κ3) is 2.54. The van der Waals surface area contributed by atoms with E-state index in [2.05, 4.69) is 0 Å². The summed E-state index contributed by atoms with van der Waals surface area (Å²) in [5.41, 5.74) is 1.68. The lowest BCUT2D eigenvalue weighted by molar-refractivity contribution is 0.104. The Labute approximate surface area is 106 Å². The molecule has 0 N–H and O–H groups in total. The predicted octanol–water partition coefficient (Wildman–Crippen LogP) is 4.25. The smallest absolute Gasteiger partial charge is 0.185 e. The molecule has 2 rings (SSSR count). The van der Waals surface area contributed by atoms with Crippen molar-refractivity contribution in [2.75, 3.05) is 0 Å². The zero-order chi connectivity index (χ0) is 13.0. The van der Waals surface area contributed by atoms with Crippen LogP contribution in [0.15, 0.2) is 60.7 Å². The van der Waals surface area contributed by atoms with E-state index in [0.29, 0.717) is 11.1 Å². The van der Waals surface area contributed by atoms with Crippen LogP contribution in [-0.2, 0) is 0 Å². The van der Waals surface area contributed by atoms with Crippen molar-refractivity contribution >= 4 is 5.78 Å². The van der Waals surface area contributed by atoms with Crippen molar-refractivity contribution in [1.82, 2.24) is 0 Å². The van der Waals surface area contributed by atoms with Gasteiger partial charge in [0.1, 0.15) is 5.82 Å². The molecule has 0 amide bonds. The zero-order valence-electron chi connectivity index (χ0n) is 10.1. The van der Waals surface area contributed by atoms with Crippen molar-refractivity contribution in [2.24, 2.45) is 0 Å². The van der Waals surface area contributed by atoms with E-state index in [1.54, 1.807) is 25.1 Å². The van der Waals surface area contributed by atoms with E-state index >= 15 is 0 Å². The molecule has 2 aromatic carbocycles. The van der Waals surface area contributed by atoms with Crippen LogP contribution in [0.3, 0.4) is 0 Å². The van der Waals surface area contributed by atoms with Gasteiger partial charge in [0.05, 0.1) is 0 Å². The quantitative estimate of drug-likeness (QED) is 0.579. The summed E-state index contributed by atoms with van der Waals surface area (Å²) in [4.78, 5) is 11.6. The molecule has 0 fully saturated rings. The number of rotatable bonds is 3. The van der Waals surface area contributed by atoms with Gasteiger partial charge in [-0.05, 0) is 24.6 Å². The lowest BCUT2D eigenvalue weighted by Crippen LogP contribution is -1.96. The first-order valence-electron chi connectivity index (χ1n) is 5.74. The molecule has 1 nitrogen and oxygen atoms in total. The molecule has 0 heterocycles. The van der Waals surface area contributed by atoms with Crippen LogP contribution in [0, 0.1) is 5.82 Å². The number of benzene rings is 2. The van der Waals surface area contributed by atoms with Crippen molar-refractivity contribution < 1.29 is 9.18 Å². The maximum atomic E-state index is 14.0. The fourth-order valence-electron chi connectivity index (χ4n) is 1.77. The van der Waals surface area contributed by atoms with Gasteiger partial charge in [-0.2, -0.15) is 0 Å². The summed E-state index contributed by atoms with van der Waals surface area (Å²) < 4.78 is 14.0. The maximum absolute atomic E-state index is 14.0. The van der Waals surface area contributed by atoms with Gasteiger partial charge in [0.25, 0.3) is 0 Å². The highest BCUT2D eigenvalue weighted by atomic mass is 19.1. The minimum absolute atomic E-state index is 0.184. The molecule has 0 radical (unpaired) electrons. The molecular weight excluding hydrogens is 227 g/mol. The first-order valence-corrected chi connectivity index (χ1v) is 5.74. The summed E-state index contributed by atoms with van der Waals surface area (Å²) in [6.07, 6.45) is 3.07. The third-order valence-electron chi connectivity index (χ3n) is 2.66. The van der Waals surface area contributed by atoms with E-state index in [4.69, 9.17) is 0 Å². The molecule has 0 unspecified atom stereocenters. The molecule has 0 bridgehead atoms. The Kier molecular flexibility index (Phi) is 3.68. The van der Waals surface area contributed by atoms with Crippen molar-refractivity contribution in [1.29, 1.82) is 0 Å². The largest absolute Gasteiger partial charge is 0.289 e. The van der Waals surface area contributed by atoms with Gasteiger partial charge in [-0.15, -0.1) is 0 Å². The van der Waals surface area contributed by atoms with Gasteiger partial charge >= 0.3 is 0 Å². The van der Waals surface area contributed by atoms with Gasteiger partial charge in [-0.1, -0.05) is 48.5 Å². The number of carbonyl (C=O) groups excluding carboxylic acids is 1. The number of hydrogen-bond donors (Lipinski definition) is 0. The van der Waals surface area contributed by atoms with Crippen molar-refractivity contribution in [3.05, 3.63) is 72.1 Å². The Bertz CT molecular complexity index is 585. The second-order valence-electron chi connectivity index (χ2n) is 3.92. The molecule has 0 aliphatic carbocycles. The summed E-state index contributed by atoms with van der Waals surface area (Å²) in [6, 6.07) is 13.8. The standard InChI is InChI=1S/C16H13FO/c1-2-6-16(18)13-9-10-14(15(17)11-13)12-7-4-3-5-8-12/h2-11H,1H3. The highest BCUT2D eigenvalue weighted by Crippen LogP contribution is 2.23. The minimum Gasteiger partial charge on any atom is -0.289 e. The van der Waals surface area contributed by atoms with Crippen LogP contribution in [0.2, 0.25) is 0 Å². The number of ketones is 1. The van der Waals surface area contributed by atoms with Crippen molar-refractivity contribution in [3.63, 3.8) is 0 Å². The Hall–Kier alpha value is -2.22. The first kappa shape index (κ1) is 12.2. The minimum atomic E-state index is -0.378. The molecule has 2 aromatic rings. The summed E-state index contributed by atoms with van der Waals surface area (Å²) in [6.45, 7) is 1.76. The molecule has 2 heteroatoms. The molecule has 0 spiro atoms. The lowest BCUT2D eigenvalue weighted by Gasteiger charge is -2.04. The first-order chi connectivity index (χ1) is 8.72. The lowest BCUT2D eigenvalue weighted by atomic mass is 10.0. The van der Waals surface area contributed by atoms with Gasteiger partial charge in [-0.25, -0.2) is 4.39 Å². The topological polar surface area (TPSA) is 17.1 Å². The number of hydrogen-bond acceptors (Lipinski definition) is 1. The molecular formula is C16H13FO. The van der Waals surface area contributed by atoms with E-state index in [1.165, 1.54) is 12.1 Å². The van der Waals surface area contributed by atoms with Gasteiger partial charge < -0.3 is 0 Å². The molecule has 0 aliphatic rings.